The molecule has 3 amide bonds. The number of hydrogen-bond acceptors (Lipinski definition) is 13. The summed E-state index contributed by atoms with van der Waals surface area (Å²) in [5.74, 6) is -0.0433. The van der Waals surface area contributed by atoms with Crippen molar-refractivity contribution in [1.29, 1.82) is 0 Å². The molecular formula is C58H77ClN10O6S. The van der Waals surface area contributed by atoms with Gasteiger partial charge in [0.05, 0.1) is 45.2 Å². The highest BCUT2D eigenvalue weighted by molar-refractivity contribution is 7.13. The third-order valence-corrected chi connectivity index (χ3v) is 17.2. The number of rotatable bonds is 23. The van der Waals surface area contributed by atoms with Crippen LogP contribution in [0.25, 0.3) is 21.5 Å². The van der Waals surface area contributed by atoms with Gasteiger partial charge < -0.3 is 35.8 Å². The lowest BCUT2D eigenvalue weighted by atomic mass is 9.76. The molecule has 6 heterocycles. The lowest BCUT2D eigenvalue weighted by Crippen LogP contribution is -2.60. The molecule has 0 radical (unpaired) electrons. The average Bonchev–Trinajstić information content (AvgIpc) is 4.18. The standard InChI is InChI=1S/C58H77ClN10O6S/c1-39-52(76-38-64-39)42-15-12-40(13-16-42)14-21-50(72)49-35-45(71)36-69(49)55(74)47(57(2,3)4)34-44(70)10-8-6-5-7-9-11-51(73)67-32-30-66(31-33-67)27-23-48(41-17-19-43(59)20-18-41)65-56(75)58(60)24-28-68(29-25-58)54-46-22-26-61-53(46)62-37-63-54/h12-13,15-20,22,26,37-38,45,47-49,71H,5-11,14,21,23-25,27-36,60H2,1-4H3,(H,65,75)(H,61,62,63)/t45-,47-,48+,49+/m1/s1. The van der Waals surface area contributed by atoms with Crippen molar-refractivity contribution in [1.82, 2.24) is 40.0 Å². The van der Waals surface area contributed by atoms with Crippen molar-refractivity contribution in [2.75, 3.05) is 57.3 Å². The normalized spacial score (nSPS) is 19.0. The van der Waals surface area contributed by atoms with Gasteiger partial charge >= 0.3 is 0 Å². The summed E-state index contributed by atoms with van der Waals surface area (Å²) in [6.45, 7) is 12.7. The first kappa shape index (κ1) is 56.6. The first-order valence-electron chi connectivity index (χ1n) is 27.4. The number of carbonyl (C=O) groups excluding carboxylic acids is 5. The summed E-state index contributed by atoms with van der Waals surface area (Å²) in [4.78, 5) is 93.9. The Bertz CT molecular complexity index is 2760. The summed E-state index contributed by atoms with van der Waals surface area (Å²) >= 11 is 7.86. The molecule has 3 aromatic heterocycles. The van der Waals surface area contributed by atoms with E-state index in [4.69, 9.17) is 17.3 Å². The Kier molecular flexibility index (Phi) is 19.1. The molecule has 0 spiro atoms. The Hall–Kier alpha value is -5.59. The number of hydrogen-bond donors (Lipinski definition) is 4. The molecule has 2 aromatic carbocycles. The summed E-state index contributed by atoms with van der Waals surface area (Å²) in [6, 6.07) is 16.7. The van der Waals surface area contributed by atoms with Gasteiger partial charge in [-0.1, -0.05) is 88.0 Å². The lowest BCUT2D eigenvalue weighted by molar-refractivity contribution is -0.145. The zero-order valence-electron chi connectivity index (χ0n) is 44.8. The van der Waals surface area contributed by atoms with Gasteiger partial charge in [0.15, 0.2) is 5.78 Å². The van der Waals surface area contributed by atoms with Crippen LogP contribution in [-0.4, -0.2) is 139 Å². The number of nitrogens with zero attached hydrogens (tertiary/aromatic N) is 7. The number of piperidine rings is 1. The van der Waals surface area contributed by atoms with Crippen LogP contribution in [0.1, 0.15) is 127 Å². The minimum atomic E-state index is -1.02. The van der Waals surface area contributed by atoms with Crippen LogP contribution in [0.4, 0.5) is 5.82 Å². The number of aromatic nitrogens is 4. The number of ketones is 2. The highest BCUT2D eigenvalue weighted by atomic mass is 35.5. The van der Waals surface area contributed by atoms with Crippen molar-refractivity contribution in [3.05, 3.63) is 94.5 Å². The third kappa shape index (κ3) is 14.5. The summed E-state index contributed by atoms with van der Waals surface area (Å²) in [5.41, 5.74) is 12.0. The van der Waals surface area contributed by atoms with Gasteiger partial charge in [0.1, 0.15) is 23.6 Å². The van der Waals surface area contributed by atoms with Crippen molar-refractivity contribution in [3.8, 4) is 10.4 Å². The number of β-amino-alcohol motifs (C(OH)–C–C–N with tert-alkyl or cyclic N) is 1. The molecule has 4 atom stereocenters. The molecule has 0 saturated carbocycles. The number of unbranched alkanes of at least 4 members (excludes halogenated alkanes) is 4. The number of piperazine rings is 1. The molecule has 16 nitrogen and oxygen atoms in total. The predicted molar refractivity (Wildman–Crippen MR) is 299 cm³/mol. The van der Waals surface area contributed by atoms with Crippen LogP contribution in [0.3, 0.4) is 0 Å². The van der Waals surface area contributed by atoms with Crippen LogP contribution in [0.2, 0.25) is 5.02 Å². The molecule has 76 heavy (non-hydrogen) atoms. The van der Waals surface area contributed by atoms with Crippen LogP contribution in [0.15, 0.2) is 72.6 Å². The molecule has 408 valence electrons. The van der Waals surface area contributed by atoms with E-state index in [9.17, 15) is 29.1 Å². The topological polar surface area (TPSA) is 211 Å². The number of Topliss-reactive ketones (excluding diaryl/α,β-unsaturated/α-hetero) is 2. The number of aryl methyl sites for hydroxylation is 2. The van der Waals surface area contributed by atoms with Gasteiger partial charge in [0.25, 0.3) is 0 Å². The van der Waals surface area contributed by atoms with Crippen molar-refractivity contribution in [2.24, 2.45) is 17.1 Å². The number of nitrogens with one attached hydrogen (secondary N) is 2. The average molecular weight is 1080 g/mol. The van der Waals surface area contributed by atoms with Gasteiger partial charge in [0.2, 0.25) is 17.7 Å². The number of aliphatic hydroxyl groups excluding tert-OH is 1. The molecular weight excluding hydrogens is 1000 g/mol. The Morgan fingerprint density at radius 1 is 0.882 bits per heavy atom. The number of carbonyl (C=O) groups is 5. The number of aliphatic hydroxyl groups is 1. The van der Waals surface area contributed by atoms with Crippen molar-refractivity contribution >= 4 is 69.1 Å². The number of likely N-dealkylation sites (tertiary alicyclic amines) is 1. The van der Waals surface area contributed by atoms with Gasteiger partial charge in [-0.25, -0.2) is 15.0 Å². The van der Waals surface area contributed by atoms with E-state index >= 15 is 0 Å². The van der Waals surface area contributed by atoms with E-state index in [2.05, 4.69) is 35.1 Å². The van der Waals surface area contributed by atoms with Gasteiger partial charge in [-0.3, -0.25) is 28.9 Å². The largest absolute Gasteiger partial charge is 0.391 e. The molecule has 3 aliphatic heterocycles. The second kappa shape index (κ2) is 25.7. The number of anilines is 1. The number of thiazole rings is 1. The number of aromatic amines is 1. The highest BCUT2D eigenvalue weighted by Gasteiger charge is 2.44. The number of benzene rings is 2. The smallest absolute Gasteiger partial charge is 0.240 e. The SMILES string of the molecule is Cc1ncsc1-c1ccc(CCC(=O)[C@@H]2C[C@@H](O)CN2C(=O)[C@@H](CC(=O)CCCCCCCC(=O)N2CCN(CC[C@H](NC(=O)C3(N)CCN(c4ncnc5[nH]ccc45)CC3)c3ccc(Cl)cc3)CC2)C(C)(C)C)cc1. The van der Waals surface area contributed by atoms with E-state index < -0.39 is 29.0 Å². The lowest BCUT2D eigenvalue weighted by Gasteiger charge is -2.39. The molecule has 8 rings (SSSR count). The minimum absolute atomic E-state index is 0.0297. The van der Waals surface area contributed by atoms with Gasteiger partial charge in [0, 0.05) is 102 Å². The Balaban J connectivity index is 0.714. The highest BCUT2D eigenvalue weighted by Crippen LogP contribution is 2.35. The molecule has 0 aliphatic carbocycles. The van der Waals surface area contributed by atoms with Crippen molar-refractivity contribution in [3.63, 3.8) is 0 Å². The second-order valence-corrected chi connectivity index (χ2v) is 23.7. The summed E-state index contributed by atoms with van der Waals surface area (Å²) < 4.78 is 0. The number of fused-ring (bicyclic) bond motifs is 1. The van der Waals surface area contributed by atoms with Gasteiger partial charge in [-0.15, -0.1) is 11.3 Å². The molecule has 0 unspecified atom stereocenters. The van der Waals surface area contributed by atoms with E-state index in [-0.39, 0.29) is 61.1 Å². The van der Waals surface area contributed by atoms with E-state index in [1.165, 1.54) is 0 Å². The Morgan fingerprint density at radius 3 is 2.26 bits per heavy atom. The molecule has 5 aromatic rings. The summed E-state index contributed by atoms with van der Waals surface area (Å²) in [5, 5.41) is 15.6. The van der Waals surface area contributed by atoms with Gasteiger partial charge in [-0.05, 0) is 85.8 Å². The molecule has 3 aliphatic rings. The molecule has 5 N–H and O–H groups in total. The van der Waals surface area contributed by atoms with E-state index in [1.807, 2.05) is 98.9 Å². The number of amides is 3. The van der Waals surface area contributed by atoms with E-state index in [0.29, 0.717) is 76.1 Å². The van der Waals surface area contributed by atoms with E-state index in [1.54, 1.807) is 22.6 Å². The number of halogens is 1. The number of H-pyrrole nitrogens is 1. The van der Waals surface area contributed by atoms with Crippen LogP contribution in [0, 0.1) is 18.3 Å². The molecule has 3 saturated heterocycles. The Morgan fingerprint density at radius 2 is 1.58 bits per heavy atom. The number of nitrogens with two attached hydrogens (primary N) is 1. The van der Waals surface area contributed by atoms with Crippen molar-refractivity contribution in [2.45, 2.75) is 141 Å². The van der Waals surface area contributed by atoms with Crippen LogP contribution in [0.5, 0.6) is 0 Å². The van der Waals surface area contributed by atoms with Crippen LogP contribution in [-0.2, 0) is 30.4 Å². The summed E-state index contributed by atoms with van der Waals surface area (Å²) in [7, 11) is 0. The second-order valence-electron chi connectivity index (χ2n) is 22.4. The fourth-order valence-corrected chi connectivity index (χ4v) is 12.0. The fraction of sp³-hybridized carbons (Fsp3) is 0.552. The first-order valence-corrected chi connectivity index (χ1v) is 28.6. The molecule has 18 heteroatoms. The van der Waals surface area contributed by atoms with Crippen molar-refractivity contribution < 1.29 is 29.1 Å². The molecule has 3 fully saturated rings. The fourth-order valence-electron chi connectivity index (χ4n) is 11.1. The quantitative estimate of drug-likeness (QED) is 0.0456. The maximum absolute atomic E-state index is 14.2. The summed E-state index contributed by atoms with van der Waals surface area (Å²) in [6.07, 6.45) is 10.4. The Labute approximate surface area is 456 Å². The van der Waals surface area contributed by atoms with Crippen LogP contribution >= 0.6 is 22.9 Å². The zero-order chi connectivity index (χ0) is 54.0. The molecule has 0 bridgehead atoms. The maximum atomic E-state index is 14.2. The zero-order valence-corrected chi connectivity index (χ0v) is 46.3. The van der Waals surface area contributed by atoms with Crippen LogP contribution < -0.4 is 16.0 Å². The van der Waals surface area contributed by atoms with Gasteiger partial charge in [-0.2, -0.15) is 0 Å². The minimum Gasteiger partial charge on any atom is -0.391 e. The first-order chi connectivity index (χ1) is 36.5. The van der Waals surface area contributed by atoms with E-state index in [0.717, 1.165) is 89.4 Å². The monoisotopic (exact) mass is 1080 g/mol. The third-order valence-electron chi connectivity index (χ3n) is 16.0. The predicted octanol–water partition coefficient (Wildman–Crippen LogP) is 8.25. The maximum Gasteiger partial charge on any atom is 0.240 e.